The molecule has 1 atom stereocenters. The Morgan fingerprint density at radius 1 is 1.27 bits per heavy atom. The highest BCUT2D eigenvalue weighted by Gasteiger charge is 2.12. The predicted octanol–water partition coefficient (Wildman–Crippen LogP) is 2.21. The van der Waals surface area contributed by atoms with Crippen molar-refractivity contribution < 1.29 is 24.4 Å². The van der Waals surface area contributed by atoms with Crippen LogP contribution in [0.25, 0.3) is 0 Å². The average molecular weight is 357 g/mol. The number of ether oxygens (including phenoxy) is 1. The third kappa shape index (κ3) is 5.13. The highest BCUT2D eigenvalue weighted by Crippen LogP contribution is 2.14. The molecule has 9 heteroatoms. The lowest BCUT2D eigenvalue weighted by Gasteiger charge is -2.09. The van der Waals surface area contributed by atoms with Crippen LogP contribution in [-0.2, 0) is 4.79 Å². The predicted molar refractivity (Wildman–Crippen MR) is 92.3 cm³/mol. The topological polar surface area (TPSA) is 131 Å². The third-order valence-electron chi connectivity index (χ3n) is 3.24. The highest BCUT2D eigenvalue weighted by molar-refractivity contribution is 5.95. The molecule has 0 aromatic heterocycles. The van der Waals surface area contributed by atoms with Gasteiger partial charge in [0.05, 0.1) is 11.1 Å². The maximum Gasteiger partial charge on any atom is 0.344 e. The van der Waals surface area contributed by atoms with E-state index in [9.17, 15) is 19.7 Å². The maximum atomic E-state index is 11.9. The van der Waals surface area contributed by atoms with Crippen molar-refractivity contribution >= 4 is 23.8 Å². The normalized spacial score (nSPS) is 11.7. The van der Waals surface area contributed by atoms with E-state index in [0.29, 0.717) is 11.3 Å². The Bertz CT molecular complexity index is 848. The van der Waals surface area contributed by atoms with E-state index < -0.39 is 22.9 Å². The van der Waals surface area contributed by atoms with Gasteiger partial charge in [-0.1, -0.05) is 6.07 Å². The lowest BCUT2D eigenvalue weighted by molar-refractivity contribution is -0.384. The van der Waals surface area contributed by atoms with Crippen LogP contribution in [0.5, 0.6) is 5.75 Å². The van der Waals surface area contributed by atoms with Gasteiger partial charge >= 0.3 is 5.97 Å². The molecule has 0 unspecified atom stereocenters. The van der Waals surface area contributed by atoms with Crippen LogP contribution in [0.3, 0.4) is 0 Å². The van der Waals surface area contributed by atoms with Crippen molar-refractivity contribution in [2.75, 3.05) is 0 Å². The van der Waals surface area contributed by atoms with E-state index in [2.05, 4.69) is 10.5 Å². The number of nitrogens with zero attached hydrogens (tertiary/aromatic N) is 2. The summed E-state index contributed by atoms with van der Waals surface area (Å²) in [5, 5.41) is 23.3. The van der Waals surface area contributed by atoms with E-state index in [4.69, 9.17) is 9.84 Å². The molecule has 0 aliphatic rings. The molecule has 2 aromatic rings. The summed E-state index contributed by atoms with van der Waals surface area (Å²) in [6.45, 7) is 1.42. The molecule has 0 spiro atoms. The number of amides is 1. The first-order chi connectivity index (χ1) is 12.4. The first-order valence-corrected chi connectivity index (χ1v) is 7.44. The lowest BCUT2D eigenvalue weighted by Crippen LogP contribution is -2.22. The minimum absolute atomic E-state index is 0.114. The second-order valence-electron chi connectivity index (χ2n) is 5.17. The molecular formula is C17H15N3O6. The van der Waals surface area contributed by atoms with Gasteiger partial charge in [0, 0.05) is 17.7 Å². The number of hydrazone groups is 1. The number of nitro groups is 1. The minimum atomic E-state index is -1.07. The fourth-order valence-corrected chi connectivity index (χ4v) is 1.88. The quantitative estimate of drug-likeness (QED) is 0.444. The van der Waals surface area contributed by atoms with Crippen LogP contribution in [0.2, 0.25) is 0 Å². The van der Waals surface area contributed by atoms with Gasteiger partial charge in [0.15, 0.2) is 6.10 Å². The Hall–Kier alpha value is -3.75. The van der Waals surface area contributed by atoms with Crippen molar-refractivity contribution in [2.45, 2.75) is 13.0 Å². The number of carbonyl (C=O) groups is 2. The van der Waals surface area contributed by atoms with Gasteiger partial charge in [-0.15, -0.1) is 0 Å². The molecule has 2 aromatic carbocycles. The van der Waals surface area contributed by atoms with Crippen molar-refractivity contribution in [2.24, 2.45) is 5.10 Å². The van der Waals surface area contributed by atoms with Crippen LogP contribution >= 0.6 is 0 Å². The molecule has 2 rings (SSSR count). The first-order valence-electron chi connectivity index (χ1n) is 7.44. The Morgan fingerprint density at radius 2 is 1.96 bits per heavy atom. The summed E-state index contributed by atoms with van der Waals surface area (Å²) in [5.74, 6) is -1.27. The van der Waals surface area contributed by atoms with Gasteiger partial charge in [-0.25, -0.2) is 10.2 Å². The Kier molecular flexibility index (Phi) is 5.99. The Morgan fingerprint density at radius 3 is 2.58 bits per heavy atom. The number of hydrogen-bond acceptors (Lipinski definition) is 6. The molecule has 0 aliphatic carbocycles. The van der Waals surface area contributed by atoms with Crippen molar-refractivity contribution in [1.29, 1.82) is 0 Å². The summed E-state index contributed by atoms with van der Waals surface area (Å²) < 4.78 is 5.19. The minimum Gasteiger partial charge on any atom is -0.479 e. The maximum absolute atomic E-state index is 11.9. The number of carboxylic acid groups (broad SMARTS) is 1. The first kappa shape index (κ1) is 18.6. The largest absolute Gasteiger partial charge is 0.479 e. The van der Waals surface area contributed by atoms with Crippen LogP contribution in [0.4, 0.5) is 5.69 Å². The SMILES string of the molecule is C[C@@H](Oc1ccc(C=NNC(=O)c2cccc([N+](=O)[O-])c2)cc1)C(=O)O. The van der Waals surface area contributed by atoms with Crippen LogP contribution in [-0.4, -0.2) is 34.2 Å². The Balaban J connectivity index is 1.95. The molecule has 0 aliphatic heterocycles. The second kappa shape index (κ2) is 8.38. The number of benzene rings is 2. The summed E-state index contributed by atoms with van der Waals surface area (Å²) >= 11 is 0. The van der Waals surface area contributed by atoms with Crippen LogP contribution in [0, 0.1) is 10.1 Å². The van der Waals surface area contributed by atoms with Crippen LogP contribution < -0.4 is 10.2 Å². The van der Waals surface area contributed by atoms with Crippen molar-refractivity contribution in [1.82, 2.24) is 5.43 Å². The van der Waals surface area contributed by atoms with E-state index in [1.807, 2.05) is 0 Å². The molecule has 0 saturated carbocycles. The van der Waals surface area contributed by atoms with E-state index >= 15 is 0 Å². The van der Waals surface area contributed by atoms with Crippen LogP contribution in [0.15, 0.2) is 53.6 Å². The second-order valence-corrected chi connectivity index (χ2v) is 5.17. The fraction of sp³-hybridized carbons (Fsp3) is 0.118. The molecule has 0 radical (unpaired) electrons. The summed E-state index contributed by atoms with van der Waals surface area (Å²) in [7, 11) is 0. The van der Waals surface area contributed by atoms with E-state index in [1.54, 1.807) is 24.3 Å². The van der Waals surface area contributed by atoms with E-state index in [-0.39, 0.29) is 11.3 Å². The number of hydrogen-bond donors (Lipinski definition) is 2. The highest BCUT2D eigenvalue weighted by atomic mass is 16.6. The molecule has 0 fully saturated rings. The van der Waals surface area contributed by atoms with Crippen molar-refractivity contribution in [3.63, 3.8) is 0 Å². The monoisotopic (exact) mass is 357 g/mol. The van der Waals surface area contributed by atoms with Gasteiger partial charge in [0.25, 0.3) is 11.6 Å². The number of nitrogens with one attached hydrogen (secondary N) is 1. The number of nitro benzene ring substituents is 1. The molecule has 26 heavy (non-hydrogen) atoms. The number of carbonyl (C=O) groups excluding carboxylic acids is 1. The van der Waals surface area contributed by atoms with Crippen LogP contribution in [0.1, 0.15) is 22.8 Å². The fourth-order valence-electron chi connectivity index (χ4n) is 1.88. The molecule has 0 heterocycles. The number of non-ortho nitro benzene ring substituents is 1. The van der Waals surface area contributed by atoms with E-state index in [1.165, 1.54) is 31.3 Å². The number of aliphatic carboxylic acids is 1. The molecule has 0 bridgehead atoms. The average Bonchev–Trinajstić information content (AvgIpc) is 2.63. The number of rotatable bonds is 7. The zero-order valence-corrected chi connectivity index (χ0v) is 13.7. The molecule has 9 nitrogen and oxygen atoms in total. The van der Waals surface area contributed by atoms with Gasteiger partial charge in [-0.05, 0) is 42.8 Å². The number of carboxylic acids is 1. The van der Waals surface area contributed by atoms with Crippen molar-refractivity contribution in [3.8, 4) is 5.75 Å². The van der Waals surface area contributed by atoms with Crippen molar-refractivity contribution in [3.05, 3.63) is 69.8 Å². The molecule has 0 saturated heterocycles. The molecule has 134 valence electrons. The van der Waals surface area contributed by atoms with Gasteiger partial charge < -0.3 is 9.84 Å². The van der Waals surface area contributed by atoms with Gasteiger partial charge in [-0.3, -0.25) is 14.9 Å². The standard InChI is InChI=1S/C17H15N3O6/c1-11(17(22)23)26-15-7-5-12(6-8-15)10-18-19-16(21)13-3-2-4-14(9-13)20(24)25/h2-11H,1H3,(H,19,21)(H,22,23)/t11-/m1/s1. The molecule has 1 amide bonds. The van der Waals surface area contributed by atoms with Gasteiger partial charge in [-0.2, -0.15) is 5.10 Å². The zero-order valence-electron chi connectivity index (χ0n) is 13.7. The smallest absolute Gasteiger partial charge is 0.344 e. The Labute approximate surface area is 148 Å². The third-order valence-corrected chi connectivity index (χ3v) is 3.24. The van der Waals surface area contributed by atoms with Gasteiger partial charge in [0.2, 0.25) is 0 Å². The summed E-state index contributed by atoms with van der Waals surface area (Å²) in [6.07, 6.45) is 0.406. The van der Waals surface area contributed by atoms with Gasteiger partial charge in [0.1, 0.15) is 5.75 Å². The molecular weight excluding hydrogens is 342 g/mol. The molecule has 2 N–H and O–H groups in total. The summed E-state index contributed by atoms with van der Waals surface area (Å²) in [4.78, 5) is 32.8. The summed E-state index contributed by atoms with van der Waals surface area (Å²) in [5.41, 5.74) is 2.84. The summed E-state index contributed by atoms with van der Waals surface area (Å²) in [6, 6.07) is 11.7. The zero-order chi connectivity index (χ0) is 19.1. The lowest BCUT2D eigenvalue weighted by atomic mass is 10.2. The van der Waals surface area contributed by atoms with E-state index in [0.717, 1.165) is 6.07 Å².